The second kappa shape index (κ2) is 4.62. The molecule has 110 valence electrons. The summed E-state index contributed by atoms with van der Waals surface area (Å²) in [5, 5.41) is 0.907. The molecule has 0 aliphatic heterocycles. The second-order valence-corrected chi connectivity index (χ2v) is 6.35. The summed E-state index contributed by atoms with van der Waals surface area (Å²) >= 11 is 0. The average molecular weight is 284 g/mol. The maximum Gasteiger partial charge on any atom is 0.342 e. The molecular formula is C18H20O3. The summed E-state index contributed by atoms with van der Waals surface area (Å²) < 4.78 is 10.9. The highest BCUT2D eigenvalue weighted by Gasteiger charge is 2.48. The van der Waals surface area contributed by atoms with Crippen LogP contribution in [0.2, 0.25) is 0 Å². The van der Waals surface area contributed by atoms with Gasteiger partial charge >= 0.3 is 5.97 Å². The first-order valence-electron chi connectivity index (χ1n) is 7.89. The first-order valence-corrected chi connectivity index (χ1v) is 7.89. The molecule has 0 amide bonds. The third kappa shape index (κ3) is 2.15. The van der Waals surface area contributed by atoms with Gasteiger partial charge in [0, 0.05) is 5.39 Å². The first-order chi connectivity index (χ1) is 10.2. The minimum Gasteiger partial charge on any atom is -0.462 e. The van der Waals surface area contributed by atoms with Crippen molar-refractivity contribution in [3.05, 3.63) is 35.1 Å². The molecule has 1 heterocycles. The highest BCUT2D eigenvalue weighted by atomic mass is 16.5. The fraction of sp³-hybridized carbons (Fsp3) is 0.500. The van der Waals surface area contributed by atoms with E-state index in [2.05, 4.69) is 12.1 Å². The number of esters is 1. The number of aryl methyl sites for hydroxylation is 1. The third-order valence-corrected chi connectivity index (χ3v) is 4.86. The van der Waals surface area contributed by atoms with Crippen LogP contribution < -0.4 is 0 Å². The molecule has 0 bridgehead atoms. The van der Waals surface area contributed by atoms with E-state index in [1.807, 2.05) is 19.9 Å². The van der Waals surface area contributed by atoms with Gasteiger partial charge in [0.25, 0.3) is 0 Å². The normalized spacial score (nSPS) is 24.3. The van der Waals surface area contributed by atoms with Crippen molar-refractivity contribution in [2.75, 3.05) is 6.61 Å². The molecule has 1 aromatic heterocycles. The Morgan fingerprint density at radius 3 is 2.90 bits per heavy atom. The van der Waals surface area contributed by atoms with Gasteiger partial charge in [0.05, 0.1) is 6.61 Å². The number of furan rings is 1. The number of hydrogen-bond donors (Lipinski definition) is 0. The van der Waals surface area contributed by atoms with E-state index in [9.17, 15) is 4.79 Å². The monoisotopic (exact) mass is 284 g/mol. The van der Waals surface area contributed by atoms with E-state index >= 15 is 0 Å². The zero-order chi connectivity index (χ0) is 14.6. The van der Waals surface area contributed by atoms with Gasteiger partial charge in [-0.3, -0.25) is 0 Å². The molecule has 4 rings (SSSR count). The van der Waals surface area contributed by atoms with E-state index in [0.717, 1.165) is 22.8 Å². The highest BCUT2D eigenvalue weighted by Crippen LogP contribution is 2.59. The molecule has 2 aliphatic rings. The molecular weight excluding hydrogens is 264 g/mol. The Kier molecular flexibility index (Phi) is 2.84. The van der Waals surface area contributed by atoms with Gasteiger partial charge in [0.15, 0.2) is 0 Å². The van der Waals surface area contributed by atoms with Crippen molar-refractivity contribution in [1.29, 1.82) is 0 Å². The molecule has 0 radical (unpaired) electrons. The van der Waals surface area contributed by atoms with Crippen LogP contribution in [0.25, 0.3) is 11.0 Å². The van der Waals surface area contributed by atoms with E-state index < -0.39 is 0 Å². The lowest BCUT2D eigenvalue weighted by molar-refractivity contribution is 0.0526. The number of benzene rings is 1. The molecule has 3 nitrogen and oxygen atoms in total. The number of fused-ring (bicyclic) bond motifs is 1. The molecule has 0 saturated heterocycles. The van der Waals surface area contributed by atoms with Crippen molar-refractivity contribution >= 4 is 16.9 Å². The zero-order valence-electron chi connectivity index (χ0n) is 12.5. The van der Waals surface area contributed by atoms with Crippen molar-refractivity contribution in [2.45, 2.75) is 39.0 Å². The first kappa shape index (κ1) is 12.9. The SMILES string of the molecule is CCOC(=O)c1c(C)oc2ccc(C3CC3C3CC3)cc12. The van der Waals surface area contributed by atoms with Crippen LogP contribution in [-0.2, 0) is 4.74 Å². The Morgan fingerprint density at radius 1 is 1.38 bits per heavy atom. The minimum absolute atomic E-state index is 0.277. The Balaban J connectivity index is 1.72. The van der Waals surface area contributed by atoms with Gasteiger partial charge < -0.3 is 9.15 Å². The quantitative estimate of drug-likeness (QED) is 0.780. The van der Waals surface area contributed by atoms with Crippen molar-refractivity contribution in [2.24, 2.45) is 11.8 Å². The second-order valence-electron chi connectivity index (χ2n) is 6.35. The van der Waals surface area contributed by atoms with E-state index in [4.69, 9.17) is 9.15 Å². The topological polar surface area (TPSA) is 39.4 Å². The lowest BCUT2D eigenvalue weighted by Gasteiger charge is -2.02. The Morgan fingerprint density at radius 2 is 2.19 bits per heavy atom. The van der Waals surface area contributed by atoms with Crippen molar-refractivity contribution < 1.29 is 13.9 Å². The van der Waals surface area contributed by atoms with Gasteiger partial charge in [-0.15, -0.1) is 0 Å². The summed E-state index contributed by atoms with van der Waals surface area (Å²) in [5.41, 5.74) is 2.73. The maximum absolute atomic E-state index is 12.1. The predicted molar refractivity (Wildman–Crippen MR) is 80.5 cm³/mol. The van der Waals surface area contributed by atoms with E-state index in [1.54, 1.807) is 0 Å². The molecule has 0 spiro atoms. The molecule has 2 saturated carbocycles. The molecule has 2 unspecified atom stereocenters. The van der Waals surface area contributed by atoms with Crippen LogP contribution in [0.1, 0.15) is 53.8 Å². The molecule has 2 aromatic rings. The summed E-state index contributed by atoms with van der Waals surface area (Å²) in [6.45, 7) is 4.04. The fourth-order valence-electron chi connectivity index (χ4n) is 3.57. The summed E-state index contributed by atoms with van der Waals surface area (Å²) in [4.78, 5) is 12.1. The van der Waals surface area contributed by atoms with Gasteiger partial charge in [-0.1, -0.05) is 6.07 Å². The average Bonchev–Trinajstić information content (AvgIpc) is 3.33. The minimum atomic E-state index is -0.277. The van der Waals surface area contributed by atoms with Gasteiger partial charge in [-0.25, -0.2) is 4.79 Å². The molecule has 1 aromatic carbocycles. The van der Waals surface area contributed by atoms with Crippen molar-refractivity contribution in [3.63, 3.8) is 0 Å². The predicted octanol–water partition coefficient (Wildman–Crippen LogP) is 4.43. The largest absolute Gasteiger partial charge is 0.462 e. The van der Waals surface area contributed by atoms with Gasteiger partial charge in [0.1, 0.15) is 16.9 Å². The fourth-order valence-corrected chi connectivity index (χ4v) is 3.57. The Labute approximate surface area is 124 Å². The molecule has 2 atom stereocenters. The number of carbonyl (C=O) groups is 1. The van der Waals surface area contributed by atoms with Gasteiger partial charge in [0.2, 0.25) is 0 Å². The maximum atomic E-state index is 12.1. The van der Waals surface area contributed by atoms with E-state index in [1.165, 1.54) is 24.8 Å². The summed E-state index contributed by atoms with van der Waals surface area (Å²) in [6.07, 6.45) is 4.12. The van der Waals surface area contributed by atoms with E-state index in [0.29, 0.717) is 23.8 Å². The summed E-state index contributed by atoms with van der Waals surface area (Å²) in [7, 11) is 0. The third-order valence-electron chi connectivity index (χ3n) is 4.86. The van der Waals surface area contributed by atoms with Crippen LogP contribution in [0, 0.1) is 18.8 Å². The molecule has 0 N–H and O–H groups in total. The number of rotatable bonds is 4. The van der Waals surface area contributed by atoms with Crippen LogP contribution in [0.5, 0.6) is 0 Å². The number of hydrogen-bond acceptors (Lipinski definition) is 3. The highest BCUT2D eigenvalue weighted by molar-refractivity contribution is 6.04. The van der Waals surface area contributed by atoms with Crippen LogP contribution in [0.4, 0.5) is 0 Å². The Hall–Kier alpha value is -1.77. The standard InChI is InChI=1S/C18H20O3/c1-3-20-18(19)17-10(2)21-16-7-6-12(8-15(16)17)14-9-13(14)11-4-5-11/h6-8,11,13-14H,3-5,9H2,1-2H3. The van der Waals surface area contributed by atoms with Gasteiger partial charge in [-0.05, 0) is 68.6 Å². The van der Waals surface area contributed by atoms with E-state index in [-0.39, 0.29) is 5.97 Å². The number of ether oxygens (including phenoxy) is 1. The number of carbonyl (C=O) groups excluding carboxylic acids is 1. The lowest BCUT2D eigenvalue weighted by atomic mass is 10.0. The smallest absolute Gasteiger partial charge is 0.342 e. The Bertz CT molecular complexity index is 709. The molecule has 21 heavy (non-hydrogen) atoms. The summed E-state index contributed by atoms with van der Waals surface area (Å²) in [5.74, 6) is 2.89. The molecule has 3 heteroatoms. The van der Waals surface area contributed by atoms with Crippen molar-refractivity contribution in [3.8, 4) is 0 Å². The lowest BCUT2D eigenvalue weighted by Crippen LogP contribution is -2.05. The molecule has 2 fully saturated rings. The summed E-state index contributed by atoms with van der Waals surface area (Å²) in [6, 6.07) is 6.31. The van der Waals surface area contributed by atoms with Crippen LogP contribution in [-0.4, -0.2) is 12.6 Å². The van der Waals surface area contributed by atoms with Gasteiger partial charge in [-0.2, -0.15) is 0 Å². The van der Waals surface area contributed by atoms with Crippen LogP contribution >= 0.6 is 0 Å². The van der Waals surface area contributed by atoms with Crippen LogP contribution in [0.15, 0.2) is 22.6 Å². The van der Waals surface area contributed by atoms with Crippen molar-refractivity contribution in [1.82, 2.24) is 0 Å². The van der Waals surface area contributed by atoms with Crippen LogP contribution in [0.3, 0.4) is 0 Å². The molecule has 2 aliphatic carbocycles. The zero-order valence-corrected chi connectivity index (χ0v) is 12.5.